The number of fused-ring (bicyclic) bond motifs is 1. The van der Waals surface area contributed by atoms with Gasteiger partial charge < -0.3 is 28.8 Å². The summed E-state index contributed by atoms with van der Waals surface area (Å²) in [7, 11) is 3.00. The Balaban J connectivity index is 1.81. The van der Waals surface area contributed by atoms with Crippen LogP contribution in [0.2, 0.25) is 5.02 Å². The van der Waals surface area contributed by atoms with E-state index in [4.69, 9.17) is 25.5 Å². The van der Waals surface area contributed by atoms with Gasteiger partial charge in [-0.2, -0.15) is 0 Å². The number of benzene rings is 2. The Morgan fingerprint density at radius 1 is 1.11 bits per heavy atom. The van der Waals surface area contributed by atoms with Crippen molar-refractivity contribution in [2.75, 3.05) is 40.4 Å². The molecule has 3 aromatic rings. The quantitative estimate of drug-likeness (QED) is 0.381. The molecule has 0 fully saturated rings. The highest BCUT2D eigenvalue weighted by Gasteiger charge is 2.45. The normalized spacial score (nSPS) is 15.9. The second-order valence-electron chi connectivity index (χ2n) is 8.40. The number of carbonyl (C=O) groups excluding carboxylic acids is 2. The van der Waals surface area contributed by atoms with E-state index in [0.29, 0.717) is 46.1 Å². The lowest BCUT2D eigenvalue weighted by Crippen LogP contribution is -2.38. The zero-order valence-electron chi connectivity index (χ0n) is 20.7. The van der Waals surface area contributed by atoms with Gasteiger partial charge in [-0.3, -0.25) is 9.59 Å². The number of hydrogen-bond donors (Lipinski definition) is 1. The predicted octanol–water partition coefficient (Wildman–Crippen LogP) is 5.02. The van der Waals surface area contributed by atoms with Crippen molar-refractivity contribution in [1.82, 2.24) is 9.80 Å². The van der Waals surface area contributed by atoms with Crippen molar-refractivity contribution < 1.29 is 28.6 Å². The molecule has 1 aromatic heterocycles. The monoisotopic (exact) mass is 512 g/mol. The van der Waals surface area contributed by atoms with Gasteiger partial charge in [0.15, 0.2) is 22.9 Å². The van der Waals surface area contributed by atoms with Gasteiger partial charge in [0.25, 0.3) is 5.91 Å². The van der Waals surface area contributed by atoms with Crippen LogP contribution in [0.25, 0.3) is 11.0 Å². The number of carbonyl (C=O) groups is 2. The average molecular weight is 513 g/mol. The van der Waals surface area contributed by atoms with E-state index < -0.39 is 23.5 Å². The van der Waals surface area contributed by atoms with Crippen LogP contribution in [-0.4, -0.2) is 67.0 Å². The predicted molar refractivity (Wildman–Crippen MR) is 137 cm³/mol. The molecule has 0 aliphatic carbocycles. The molecule has 1 N–H and O–H groups in total. The summed E-state index contributed by atoms with van der Waals surface area (Å²) in [4.78, 5) is 30.8. The summed E-state index contributed by atoms with van der Waals surface area (Å²) in [5, 5.41) is 12.0. The standard InChI is InChI=1S/C27H29ClN2O6/c1-5-29(6-2)11-12-30-23(18-9-7-8-10-19(18)34-3)22(25(32)27(30)33)24(31)20-14-16-13-17(28)15-21(35-4)26(16)36-20/h7-10,13-15,23,32H,5-6,11-12H2,1-4H3. The molecule has 8 nitrogen and oxygen atoms in total. The molecule has 9 heteroatoms. The maximum absolute atomic E-state index is 13.8. The summed E-state index contributed by atoms with van der Waals surface area (Å²) in [6.45, 7) is 6.60. The number of halogens is 1. The third-order valence-electron chi connectivity index (χ3n) is 6.52. The van der Waals surface area contributed by atoms with Crippen LogP contribution in [0.3, 0.4) is 0 Å². The highest BCUT2D eigenvalue weighted by molar-refractivity contribution is 6.31. The van der Waals surface area contributed by atoms with Crippen molar-refractivity contribution in [2.24, 2.45) is 0 Å². The molecule has 1 amide bonds. The molecule has 1 unspecified atom stereocenters. The smallest absolute Gasteiger partial charge is 0.290 e. The van der Waals surface area contributed by atoms with Crippen molar-refractivity contribution in [1.29, 1.82) is 0 Å². The number of ether oxygens (including phenoxy) is 2. The van der Waals surface area contributed by atoms with Gasteiger partial charge >= 0.3 is 0 Å². The molecular formula is C27H29ClN2O6. The number of nitrogens with zero attached hydrogens (tertiary/aromatic N) is 2. The fourth-order valence-electron chi connectivity index (χ4n) is 4.60. The second kappa shape index (κ2) is 10.6. The van der Waals surface area contributed by atoms with E-state index in [1.165, 1.54) is 25.2 Å². The second-order valence-corrected chi connectivity index (χ2v) is 8.83. The molecule has 1 aliphatic rings. The van der Waals surface area contributed by atoms with Gasteiger partial charge in [-0.15, -0.1) is 0 Å². The van der Waals surface area contributed by atoms with Crippen molar-refractivity contribution in [3.63, 3.8) is 0 Å². The van der Waals surface area contributed by atoms with E-state index in [-0.39, 0.29) is 11.3 Å². The number of aliphatic hydroxyl groups is 1. The Kier molecular flexibility index (Phi) is 7.56. The highest BCUT2D eigenvalue weighted by Crippen LogP contribution is 2.43. The highest BCUT2D eigenvalue weighted by atomic mass is 35.5. The molecule has 2 heterocycles. The largest absolute Gasteiger partial charge is 0.503 e. The first-order valence-electron chi connectivity index (χ1n) is 11.8. The number of Topliss-reactive ketones (excluding diaryl/α,β-unsaturated/α-hetero) is 1. The van der Waals surface area contributed by atoms with Crippen molar-refractivity contribution in [3.8, 4) is 11.5 Å². The minimum atomic E-state index is -0.851. The van der Waals surface area contributed by atoms with Crippen LogP contribution in [0, 0.1) is 0 Å². The number of aliphatic hydroxyl groups excluding tert-OH is 1. The Labute approximate surface area is 214 Å². The first-order valence-corrected chi connectivity index (χ1v) is 12.1. The summed E-state index contributed by atoms with van der Waals surface area (Å²) in [5.74, 6) is -0.971. The molecule has 2 aromatic carbocycles. The number of para-hydroxylation sites is 1. The van der Waals surface area contributed by atoms with E-state index in [2.05, 4.69) is 4.90 Å². The van der Waals surface area contributed by atoms with Crippen LogP contribution in [0.15, 0.2) is 58.2 Å². The zero-order valence-corrected chi connectivity index (χ0v) is 21.5. The van der Waals surface area contributed by atoms with Gasteiger partial charge in [0, 0.05) is 35.1 Å². The fraction of sp³-hybridized carbons (Fsp3) is 0.333. The summed E-state index contributed by atoms with van der Waals surface area (Å²) >= 11 is 6.18. The van der Waals surface area contributed by atoms with E-state index in [0.717, 1.165) is 13.1 Å². The summed E-state index contributed by atoms with van der Waals surface area (Å²) in [6.07, 6.45) is 0. The van der Waals surface area contributed by atoms with Gasteiger partial charge in [0.2, 0.25) is 5.78 Å². The molecular weight excluding hydrogens is 484 g/mol. The number of furan rings is 1. The SMILES string of the molecule is CCN(CC)CCN1C(=O)C(O)=C(C(=O)c2cc3cc(Cl)cc(OC)c3o2)C1c1ccccc1OC. The van der Waals surface area contributed by atoms with Crippen LogP contribution in [0.4, 0.5) is 0 Å². The van der Waals surface area contributed by atoms with Crippen molar-refractivity contribution >= 4 is 34.3 Å². The maximum Gasteiger partial charge on any atom is 0.290 e. The lowest BCUT2D eigenvalue weighted by atomic mass is 9.94. The fourth-order valence-corrected chi connectivity index (χ4v) is 4.82. The molecule has 0 spiro atoms. The Morgan fingerprint density at radius 3 is 2.47 bits per heavy atom. The van der Waals surface area contributed by atoms with Crippen LogP contribution in [0.1, 0.15) is 36.0 Å². The molecule has 0 saturated heterocycles. The summed E-state index contributed by atoms with van der Waals surface area (Å²) in [6, 6.07) is 11.1. The molecule has 0 saturated carbocycles. The van der Waals surface area contributed by atoms with Crippen LogP contribution >= 0.6 is 11.6 Å². The number of amides is 1. The number of methoxy groups -OCH3 is 2. The lowest BCUT2D eigenvalue weighted by molar-refractivity contribution is -0.129. The number of likely N-dealkylation sites (N-methyl/N-ethyl adjacent to an activating group) is 1. The minimum absolute atomic E-state index is 0.0367. The van der Waals surface area contributed by atoms with Gasteiger partial charge in [-0.1, -0.05) is 43.6 Å². The first kappa shape index (κ1) is 25.6. The Morgan fingerprint density at radius 2 is 1.81 bits per heavy atom. The third-order valence-corrected chi connectivity index (χ3v) is 6.74. The molecule has 36 heavy (non-hydrogen) atoms. The molecule has 0 bridgehead atoms. The number of hydrogen-bond acceptors (Lipinski definition) is 7. The summed E-state index contributed by atoms with van der Waals surface area (Å²) in [5.41, 5.74) is 0.882. The Bertz CT molecular complexity index is 1330. The average Bonchev–Trinajstić information content (AvgIpc) is 3.42. The maximum atomic E-state index is 13.8. The van der Waals surface area contributed by atoms with Crippen molar-refractivity contribution in [3.05, 3.63) is 70.1 Å². The van der Waals surface area contributed by atoms with Gasteiger partial charge in [0.05, 0.1) is 25.8 Å². The van der Waals surface area contributed by atoms with Crippen LogP contribution in [-0.2, 0) is 4.79 Å². The van der Waals surface area contributed by atoms with Crippen molar-refractivity contribution in [2.45, 2.75) is 19.9 Å². The molecule has 1 aliphatic heterocycles. The molecule has 4 rings (SSSR count). The topological polar surface area (TPSA) is 92.5 Å². The lowest BCUT2D eigenvalue weighted by Gasteiger charge is -2.30. The molecule has 1 atom stereocenters. The zero-order chi connectivity index (χ0) is 26.0. The van der Waals surface area contributed by atoms with E-state index in [1.807, 2.05) is 13.8 Å². The number of rotatable bonds is 10. The van der Waals surface area contributed by atoms with Gasteiger partial charge in [-0.25, -0.2) is 0 Å². The Hall–Kier alpha value is -3.49. The van der Waals surface area contributed by atoms with Crippen LogP contribution < -0.4 is 9.47 Å². The van der Waals surface area contributed by atoms with E-state index in [1.54, 1.807) is 36.4 Å². The third kappa shape index (κ3) is 4.54. The minimum Gasteiger partial charge on any atom is -0.503 e. The van der Waals surface area contributed by atoms with E-state index in [9.17, 15) is 14.7 Å². The molecule has 0 radical (unpaired) electrons. The number of ketones is 1. The van der Waals surface area contributed by atoms with Gasteiger partial charge in [0.1, 0.15) is 5.75 Å². The first-order chi connectivity index (χ1) is 17.3. The summed E-state index contributed by atoms with van der Waals surface area (Å²) < 4.78 is 16.8. The van der Waals surface area contributed by atoms with Gasteiger partial charge in [-0.05, 0) is 31.3 Å². The van der Waals surface area contributed by atoms with Crippen LogP contribution in [0.5, 0.6) is 11.5 Å². The van der Waals surface area contributed by atoms with E-state index >= 15 is 0 Å². The molecule has 190 valence electrons.